The first-order valence-corrected chi connectivity index (χ1v) is 7.57. The van der Waals surface area contributed by atoms with Gasteiger partial charge in [-0.1, -0.05) is 58.7 Å². The topological polar surface area (TPSA) is 63.8 Å². The third-order valence-corrected chi connectivity index (χ3v) is 4.22. The van der Waals surface area contributed by atoms with Gasteiger partial charge in [-0.25, -0.2) is 0 Å². The van der Waals surface area contributed by atoms with Gasteiger partial charge in [0, 0.05) is 16.5 Å². The molecule has 0 saturated heterocycles. The summed E-state index contributed by atoms with van der Waals surface area (Å²) in [4.78, 5) is 22.1. The summed E-state index contributed by atoms with van der Waals surface area (Å²) >= 11 is 0. The Labute approximate surface area is 138 Å². The molecule has 3 aromatic carbocycles. The molecule has 0 spiro atoms. The lowest BCUT2D eigenvalue weighted by Gasteiger charge is -2.07. The van der Waals surface area contributed by atoms with Gasteiger partial charge >= 0.3 is 6.98 Å². The van der Waals surface area contributed by atoms with E-state index >= 15 is 0 Å². The van der Waals surface area contributed by atoms with Crippen molar-refractivity contribution >= 4 is 34.3 Å². The van der Waals surface area contributed by atoms with Crippen molar-refractivity contribution in [3.63, 3.8) is 0 Å². The highest BCUT2D eigenvalue weighted by molar-refractivity contribution is 6.72. The van der Waals surface area contributed by atoms with Gasteiger partial charge in [0.15, 0.2) is 0 Å². The summed E-state index contributed by atoms with van der Waals surface area (Å²) in [6, 6.07) is 23.4. The van der Waals surface area contributed by atoms with Crippen molar-refractivity contribution in [3.05, 3.63) is 82.6 Å². The summed E-state index contributed by atoms with van der Waals surface area (Å²) < 4.78 is 2.11. The normalized spacial score (nSPS) is 10.8. The van der Waals surface area contributed by atoms with E-state index in [1.165, 1.54) is 0 Å². The second-order valence-electron chi connectivity index (χ2n) is 5.51. The number of fused-ring (bicyclic) bond motifs is 3. The number of nitrogens with zero attached hydrogens (tertiary/aromatic N) is 3. The quantitative estimate of drug-likeness (QED) is 0.422. The maximum absolute atomic E-state index is 11.0. The molecular formula is C18H12BN3O2. The molecule has 4 rings (SSSR count). The zero-order valence-electron chi connectivity index (χ0n) is 12.7. The lowest BCUT2D eigenvalue weighted by atomic mass is 9.69. The van der Waals surface area contributed by atoms with Crippen molar-refractivity contribution in [1.82, 2.24) is 4.57 Å². The molecule has 0 saturated carbocycles. The summed E-state index contributed by atoms with van der Waals surface area (Å²) in [7, 11) is 0. The third-order valence-electron chi connectivity index (χ3n) is 4.22. The molecule has 1 heterocycles. The highest BCUT2D eigenvalue weighted by Crippen LogP contribution is 2.31. The van der Waals surface area contributed by atoms with Crippen LogP contribution in [0.5, 0.6) is 0 Å². The highest BCUT2D eigenvalue weighted by Gasteiger charge is 2.26. The van der Waals surface area contributed by atoms with Gasteiger partial charge in [0.1, 0.15) is 0 Å². The van der Waals surface area contributed by atoms with Gasteiger partial charge in [-0.05, 0) is 29.7 Å². The molecule has 0 amide bonds. The van der Waals surface area contributed by atoms with E-state index in [0.717, 1.165) is 27.5 Å². The highest BCUT2D eigenvalue weighted by atomic mass is 16.3. The predicted octanol–water partition coefficient (Wildman–Crippen LogP) is 4.01. The molecule has 4 aromatic rings. The van der Waals surface area contributed by atoms with Crippen molar-refractivity contribution in [3.8, 4) is 5.69 Å². The number of aromatic nitrogens is 1. The van der Waals surface area contributed by atoms with E-state index in [-0.39, 0.29) is 0 Å². The van der Waals surface area contributed by atoms with Crippen LogP contribution >= 0.6 is 0 Å². The van der Waals surface area contributed by atoms with Crippen molar-refractivity contribution in [2.45, 2.75) is 0 Å². The Kier molecular flexibility index (Phi) is 3.42. The van der Waals surface area contributed by atoms with Crippen LogP contribution in [0.4, 0.5) is 0 Å². The first-order chi connectivity index (χ1) is 11.8. The van der Waals surface area contributed by atoms with Crippen molar-refractivity contribution in [2.24, 2.45) is 10.2 Å². The average Bonchev–Trinajstić information content (AvgIpc) is 2.98. The van der Waals surface area contributed by atoms with E-state index in [1.807, 2.05) is 66.7 Å². The van der Waals surface area contributed by atoms with Crippen LogP contribution in [0.15, 0.2) is 83.0 Å². The van der Waals surface area contributed by atoms with Crippen LogP contribution in [0, 0.1) is 9.81 Å². The number of benzene rings is 3. The van der Waals surface area contributed by atoms with E-state index in [2.05, 4.69) is 14.7 Å². The van der Waals surface area contributed by atoms with E-state index in [0.29, 0.717) is 5.46 Å². The zero-order chi connectivity index (χ0) is 16.5. The maximum Gasteiger partial charge on any atom is 0.549 e. The number of rotatable bonds is 4. The van der Waals surface area contributed by atoms with E-state index in [4.69, 9.17) is 0 Å². The minimum atomic E-state index is -1.25. The molecule has 0 aliphatic rings. The SMILES string of the molecule is O=NB(N=O)c1cccc2c1c1ccccc1n2-c1ccccc1. The first kappa shape index (κ1) is 14.3. The summed E-state index contributed by atoms with van der Waals surface area (Å²) in [6.07, 6.45) is 0. The molecule has 1 aromatic heterocycles. The van der Waals surface area contributed by atoms with Gasteiger partial charge in [0.25, 0.3) is 0 Å². The Morgan fingerprint density at radius 1 is 0.708 bits per heavy atom. The van der Waals surface area contributed by atoms with Crippen LogP contribution in [0.1, 0.15) is 0 Å². The molecule has 5 nitrogen and oxygen atoms in total. The molecule has 0 bridgehead atoms. The molecule has 0 aliphatic carbocycles. The Morgan fingerprint density at radius 3 is 2.12 bits per heavy atom. The number of nitroso groups, excluding NO2 is 2. The molecule has 0 radical (unpaired) electrons. The van der Waals surface area contributed by atoms with E-state index < -0.39 is 6.98 Å². The monoisotopic (exact) mass is 313 g/mol. The van der Waals surface area contributed by atoms with Gasteiger partial charge in [-0.15, -0.1) is 0 Å². The Hall–Kier alpha value is -3.28. The minimum Gasteiger partial charge on any atom is -0.309 e. The molecule has 0 aliphatic heterocycles. The van der Waals surface area contributed by atoms with Crippen LogP contribution in [-0.4, -0.2) is 11.5 Å². The van der Waals surface area contributed by atoms with Gasteiger partial charge in [-0.2, -0.15) is 9.81 Å². The van der Waals surface area contributed by atoms with Crippen molar-refractivity contribution < 1.29 is 0 Å². The Balaban J connectivity index is 2.19. The van der Waals surface area contributed by atoms with Gasteiger partial charge < -0.3 is 4.57 Å². The number of hydrogen-bond acceptors (Lipinski definition) is 4. The molecule has 0 unspecified atom stereocenters. The Morgan fingerprint density at radius 2 is 1.38 bits per heavy atom. The van der Waals surface area contributed by atoms with Crippen LogP contribution < -0.4 is 5.46 Å². The second-order valence-corrected chi connectivity index (χ2v) is 5.51. The fourth-order valence-corrected chi connectivity index (χ4v) is 3.25. The van der Waals surface area contributed by atoms with E-state index in [1.54, 1.807) is 6.07 Å². The molecular weight excluding hydrogens is 301 g/mol. The van der Waals surface area contributed by atoms with Gasteiger partial charge in [0.05, 0.1) is 11.0 Å². The standard InChI is InChI=1S/C18H12BN3O2/c23-20-19(21-24)15-10-6-12-17-18(15)14-9-4-5-11-16(14)22(17)13-7-2-1-3-8-13/h1-12H. The molecule has 114 valence electrons. The van der Waals surface area contributed by atoms with Crippen molar-refractivity contribution in [2.75, 3.05) is 0 Å². The van der Waals surface area contributed by atoms with Crippen LogP contribution in [-0.2, 0) is 0 Å². The fourth-order valence-electron chi connectivity index (χ4n) is 3.25. The number of hydrogen-bond donors (Lipinski definition) is 0. The largest absolute Gasteiger partial charge is 0.549 e. The summed E-state index contributed by atoms with van der Waals surface area (Å²) in [5, 5.41) is 7.55. The fraction of sp³-hybridized carbons (Fsp3) is 0. The summed E-state index contributed by atoms with van der Waals surface area (Å²) in [5.74, 6) is 0. The van der Waals surface area contributed by atoms with Gasteiger partial charge in [0.2, 0.25) is 0 Å². The zero-order valence-corrected chi connectivity index (χ0v) is 12.7. The molecule has 24 heavy (non-hydrogen) atoms. The smallest absolute Gasteiger partial charge is 0.309 e. The first-order valence-electron chi connectivity index (χ1n) is 7.57. The lowest BCUT2D eigenvalue weighted by Crippen LogP contribution is -2.26. The maximum atomic E-state index is 11.0. The number of para-hydroxylation sites is 2. The van der Waals surface area contributed by atoms with Crippen LogP contribution in [0.25, 0.3) is 27.5 Å². The predicted molar refractivity (Wildman–Crippen MR) is 97.8 cm³/mol. The Bertz CT molecular complexity index is 1050. The molecule has 0 N–H and O–H groups in total. The van der Waals surface area contributed by atoms with E-state index in [9.17, 15) is 9.81 Å². The van der Waals surface area contributed by atoms with Crippen LogP contribution in [0.2, 0.25) is 0 Å². The van der Waals surface area contributed by atoms with Crippen LogP contribution in [0.3, 0.4) is 0 Å². The molecule has 0 fully saturated rings. The molecule has 0 atom stereocenters. The van der Waals surface area contributed by atoms with Crippen molar-refractivity contribution in [1.29, 1.82) is 0 Å². The summed E-state index contributed by atoms with van der Waals surface area (Å²) in [6.45, 7) is -1.25. The lowest BCUT2D eigenvalue weighted by molar-refractivity contribution is 1.18. The minimum absolute atomic E-state index is 0.531. The second kappa shape index (κ2) is 5.74. The molecule has 6 heteroatoms. The average molecular weight is 313 g/mol. The summed E-state index contributed by atoms with van der Waals surface area (Å²) in [5.41, 5.74) is 3.46. The third kappa shape index (κ3) is 2.04. The van der Waals surface area contributed by atoms with Gasteiger partial charge in [-0.3, -0.25) is 0 Å².